The topological polar surface area (TPSA) is 69.6 Å². The summed E-state index contributed by atoms with van der Waals surface area (Å²) in [6, 6.07) is 17.9. The summed E-state index contributed by atoms with van der Waals surface area (Å²) in [7, 11) is 0. The van der Waals surface area contributed by atoms with E-state index in [0.29, 0.717) is 13.0 Å². The van der Waals surface area contributed by atoms with E-state index in [-0.39, 0.29) is 12.6 Å². The van der Waals surface area contributed by atoms with Crippen molar-refractivity contribution in [3.63, 3.8) is 0 Å². The van der Waals surface area contributed by atoms with Crippen LogP contribution in [0, 0.1) is 0 Å². The number of aliphatic carboxylic acids is 1. The summed E-state index contributed by atoms with van der Waals surface area (Å²) >= 11 is 0. The van der Waals surface area contributed by atoms with E-state index in [1.807, 2.05) is 60.7 Å². The first-order chi connectivity index (χ1) is 11.6. The first kappa shape index (κ1) is 17.5. The molecule has 0 saturated carbocycles. The van der Waals surface area contributed by atoms with E-state index in [1.54, 1.807) is 0 Å². The highest BCUT2D eigenvalue weighted by molar-refractivity contribution is 5.82. The van der Waals surface area contributed by atoms with Crippen LogP contribution < -0.4 is 5.32 Å². The van der Waals surface area contributed by atoms with Crippen molar-refractivity contribution in [2.24, 2.45) is 0 Å². The second-order valence-corrected chi connectivity index (χ2v) is 5.60. The lowest BCUT2D eigenvalue weighted by Crippen LogP contribution is -2.48. The smallest absolute Gasteiger partial charge is 0.326 e. The molecule has 2 aromatic carbocycles. The average molecular weight is 326 g/mol. The molecule has 0 spiro atoms. The molecule has 0 radical (unpaired) electrons. The highest BCUT2D eigenvalue weighted by Crippen LogP contribution is 2.09. The Morgan fingerprint density at radius 2 is 1.54 bits per heavy atom. The van der Waals surface area contributed by atoms with Crippen LogP contribution in [0.25, 0.3) is 0 Å². The Morgan fingerprint density at radius 3 is 2.08 bits per heavy atom. The molecule has 126 valence electrons. The lowest BCUT2D eigenvalue weighted by Gasteiger charge is -2.27. The summed E-state index contributed by atoms with van der Waals surface area (Å²) in [6.45, 7) is 2.23. The minimum atomic E-state index is -1.02. The summed E-state index contributed by atoms with van der Waals surface area (Å²) in [5.74, 6) is -1.02. The molecule has 0 aliphatic carbocycles. The number of carbonyl (C=O) groups excluding carboxylic acids is 1. The molecule has 5 nitrogen and oxygen atoms in total. The van der Waals surface area contributed by atoms with Gasteiger partial charge < -0.3 is 15.3 Å². The van der Waals surface area contributed by atoms with Gasteiger partial charge in [0, 0.05) is 13.1 Å². The number of nitrogens with zero attached hydrogens (tertiary/aromatic N) is 1. The Morgan fingerprint density at radius 1 is 1.00 bits per heavy atom. The summed E-state index contributed by atoms with van der Waals surface area (Å²) < 4.78 is 0. The van der Waals surface area contributed by atoms with E-state index in [9.17, 15) is 14.7 Å². The van der Waals surface area contributed by atoms with E-state index in [2.05, 4.69) is 5.32 Å². The largest absolute Gasteiger partial charge is 0.480 e. The van der Waals surface area contributed by atoms with Gasteiger partial charge in [0.15, 0.2) is 0 Å². The number of amides is 2. The van der Waals surface area contributed by atoms with Crippen LogP contribution in [0.5, 0.6) is 0 Å². The van der Waals surface area contributed by atoms with Gasteiger partial charge in [-0.15, -0.1) is 0 Å². The molecule has 1 unspecified atom stereocenters. The second kappa shape index (κ2) is 8.72. The Kier molecular flexibility index (Phi) is 6.37. The van der Waals surface area contributed by atoms with E-state index >= 15 is 0 Å². The molecule has 0 aliphatic rings. The van der Waals surface area contributed by atoms with Crippen LogP contribution in [0.1, 0.15) is 18.1 Å². The van der Waals surface area contributed by atoms with Crippen molar-refractivity contribution >= 4 is 12.0 Å². The Hall–Kier alpha value is -2.82. The summed E-state index contributed by atoms with van der Waals surface area (Å²) in [6.07, 6.45) is 0.702. The number of carboxylic acids is 1. The van der Waals surface area contributed by atoms with Crippen molar-refractivity contribution in [1.29, 1.82) is 0 Å². The van der Waals surface area contributed by atoms with Crippen molar-refractivity contribution < 1.29 is 14.7 Å². The fourth-order valence-electron chi connectivity index (χ4n) is 2.36. The molecule has 2 amide bonds. The van der Waals surface area contributed by atoms with Crippen LogP contribution >= 0.6 is 0 Å². The molecule has 0 aromatic heterocycles. The quantitative estimate of drug-likeness (QED) is 0.822. The first-order valence-electron chi connectivity index (χ1n) is 7.93. The third-order valence-electron chi connectivity index (χ3n) is 3.81. The number of carboxylic acid groups (broad SMARTS) is 1. The van der Waals surface area contributed by atoms with E-state index in [4.69, 9.17) is 0 Å². The number of benzene rings is 2. The monoisotopic (exact) mass is 326 g/mol. The predicted molar refractivity (Wildman–Crippen MR) is 92.6 cm³/mol. The van der Waals surface area contributed by atoms with Crippen molar-refractivity contribution in [3.05, 3.63) is 71.8 Å². The molecule has 0 bridgehead atoms. The van der Waals surface area contributed by atoms with E-state index in [1.165, 1.54) is 11.8 Å². The van der Waals surface area contributed by atoms with Crippen molar-refractivity contribution in [2.45, 2.75) is 25.9 Å². The number of nitrogens with one attached hydrogen (secondary N) is 1. The fourth-order valence-corrected chi connectivity index (χ4v) is 2.36. The average Bonchev–Trinajstić information content (AvgIpc) is 2.60. The van der Waals surface area contributed by atoms with Crippen LogP contribution in [0.2, 0.25) is 0 Å². The molecule has 5 heteroatoms. The zero-order chi connectivity index (χ0) is 17.4. The van der Waals surface area contributed by atoms with Crippen LogP contribution in [0.3, 0.4) is 0 Å². The number of hydrogen-bond donors (Lipinski definition) is 2. The molecule has 0 aliphatic heterocycles. The normalized spacial score (nSPS) is 11.5. The molecule has 0 fully saturated rings. The lowest BCUT2D eigenvalue weighted by atomic mass is 10.1. The zero-order valence-corrected chi connectivity index (χ0v) is 13.7. The van der Waals surface area contributed by atoms with Crippen LogP contribution in [0.15, 0.2) is 60.7 Å². The van der Waals surface area contributed by atoms with Gasteiger partial charge in [0.25, 0.3) is 0 Å². The number of hydrogen-bond acceptors (Lipinski definition) is 2. The Balaban J connectivity index is 1.97. The van der Waals surface area contributed by atoms with E-state index < -0.39 is 12.0 Å². The molecule has 24 heavy (non-hydrogen) atoms. The first-order valence-corrected chi connectivity index (χ1v) is 7.93. The Bertz CT molecular complexity index is 659. The van der Waals surface area contributed by atoms with Crippen LogP contribution in [0.4, 0.5) is 4.79 Å². The van der Waals surface area contributed by atoms with Gasteiger partial charge >= 0.3 is 12.0 Å². The summed E-state index contributed by atoms with van der Waals surface area (Å²) in [5, 5.41) is 12.1. The third kappa shape index (κ3) is 5.12. The molecule has 1 atom stereocenters. The molecule has 0 saturated heterocycles. The molecule has 0 heterocycles. The Labute approximate surface area is 141 Å². The third-order valence-corrected chi connectivity index (χ3v) is 3.81. The zero-order valence-electron chi connectivity index (χ0n) is 13.7. The molecule has 2 aromatic rings. The van der Waals surface area contributed by atoms with Gasteiger partial charge in [-0.1, -0.05) is 60.7 Å². The van der Waals surface area contributed by atoms with Gasteiger partial charge in [0.2, 0.25) is 0 Å². The molecular formula is C19H22N2O3. The van der Waals surface area contributed by atoms with E-state index in [0.717, 1.165) is 11.1 Å². The number of carbonyl (C=O) groups is 2. The molecule has 2 N–H and O–H groups in total. The summed E-state index contributed by atoms with van der Waals surface area (Å²) in [4.78, 5) is 25.1. The number of rotatable bonds is 7. The lowest BCUT2D eigenvalue weighted by molar-refractivity contribution is -0.141. The van der Waals surface area contributed by atoms with Crippen LogP contribution in [-0.2, 0) is 17.8 Å². The van der Waals surface area contributed by atoms with Gasteiger partial charge in [-0.05, 0) is 24.5 Å². The maximum Gasteiger partial charge on any atom is 0.326 e. The van der Waals surface area contributed by atoms with Gasteiger partial charge in [-0.3, -0.25) is 0 Å². The standard InChI is InChI=1S/C19H22N2O3/c1-15(18(22)23)21(14-17-10-6-3-7-11-17)19(24)20-13-12-16-8-4-2-5-9-16/h2-11,15H,12-14H2,1H3,(H,20,24)(H,22,23). The van der Waals surface area contributed by atoms with Gasteiger partial charge in [-0.2, -0.15) is 0 Å². The van der Waals surface area contributed by atoms with Gasteiger partial charge in [0.05, 0.1) is 0 Å². The SMILES string of the molecule is CC(C(=O)O)N(Cc1ccccc1)C(=O)NCCc1ccccc1. The highest BCUT2D eigenvalue weighted by atomic mass is 16.4. The minimum Gasteiger partial charge on any atom is -0.480 e. The van der Waals surface area contributed by atoms with Crippen LogP contribution in [-0.4, -0.2) is 34.6 Å². The van der Waals surface area contributed by atoms with Crippen molar-refractivity contribution in [2.75, 3.05) is 6.54 Å². The second-order valence-electron chi connectivity index (χ2n) is 5.60. The molecular weight excluding hydrogens is 304 g/mol. The predicted octanol–water partition coefficient (Wildman–Crippen LogP) is 2.91. The highest BCUT2D eigenvalue weighted by Gasteiger charge is 2.25. The van der Waals surface area contributed by atoms with Crippen molar-refractivity contribution in [1.82, 2.24) is 10.2 Å². The summed E-state index contributed by atoms with van der Waals surface area (Å²) in [5.41, 5.74) is 2.02. The number of urea groups is 1. The minimum absolute atomic E-state index is 0.255. The molecule has 2 rings (SSSR count). The van der Waals surface area contributed by atoms with Crippen molar-refractivity contribution in [3.8, 4) is 0 Å². The maximum absolute atomic E-state index is 12.4. The van der Waals surface area contributed by atoms with Gasteiger partial charge in [-0.25, -0.2) is 9.59 Å². The fraction of sp³-hybridized carbons (Fsp3) is 0.263. The maximum atomic E-state index is 12.4. The van der Waals surface area contributed by atoms with Gasteiger partial charge in [0.1, 0.15) is 6.04 Å².